The predicted octanol–water partition coefficient (Wildman–Crippen LogP) is 2.59. The number of ketones is 2. The molecule has 0 aromatic heterocycles. The second-order valence-electron chi connectivity index (χ2n) is 3.91. The molecule has 0 spiro atoms. The van der Waals surface area contributed by atoms with Crippen LogP contribution in [0.25, 0.3) is 0 Å². The van der Waals surface area contributed by atoms with Crippen molar-refractivity contribution in [1.29, 1.82) is 0 Å². The van der Waals surface area contributed by atoms with Gasteiger partial charge in [-0.15, -0.1) is 0 Å². The Labute approximate surface area is 84.7 Å². The predicted molar refractivity (Wildman–Crippen MR) is 56.0 cm³/mol. The monoisotopic (exact) mass is 192 g/mol. The summed E-state index contributed by atoms with van der Waals surface area (Å²) >= 11 is 0. The van der Waals surface area contributed by atoms with Crippen LogP contribution in [-0.4, -0.2) is 11.6 Å². The topological polar surface area (TPSA) is 34.1 Å². The highest BCUT2D eigenvalue weighted by atomic mass is 16.1. The molecule has 0 bridgehead atoms. The summed E-state index contributed by atoms with van der Waals surface area (Å²) in [6.45, 7) is 3.98. The van der Waals surface area contributed by atoms with E-state index in [0.717, 1.165) is 25.7 Å². The molecule has 0 unspecified atom stereocenters. The summed E-state index contributed by atoms with van der Waals surface area (Å²) in [7, 11) is 0. The second-order valence-corrected chi connectivity index (χ2v) is 3.91. The van der Waals surface area contributed by atoms with E-state index in [9.17, 15) is 9.59 Å². The molecular formula is C12H16O2. The van der Waals surface area contributed by atoms with E-state index in [1.54, 1.807) is 12.2 Å². The summed E-state index contributed by atoms with van der Waals surface area (Å²) in [5, 5.41) is 0. The molecular weight excluding hydrogens is 176 g/mol. The van der Waals surface area contributed by atoms with Crippen molar-refractivity contribution in [2.45, 2.75) is 39.5 Å². The largest absolute Gasteiger partial charge is 0.295 e. The van der Waals surface area contributed by atoms with Crippen LogP contribution in [0.1, 0.15) is 39.5 Å². The van der Waals surface area contributed by atoms with Crippen molar-refractivity contribution in [2.75, 3.05) is 0 Å². The van der Waals surface area contributed by atoms with Gasteiger partial charge in [0.2, 0.25) is 0 Å². The van der Waals surface area contributed by atoms with Gasteiger partial charge in [-0.25, -0.2) is 0 Å². The minimum atomic E-state index is 0.289. The van der Waals surface area contributed by atoms with Crippen LogP contribution in [0.5, 0.6) is 0 Å². The number of rotatable bonds is 0. The quantitative estimate of drug-likeness (QED) is 0.591. The summed E-state index contributed by atoms with van der Waals surface area (Å²) in [6.07, 6.45) is 6.90. The van der Waals surface area contributed by atoms with Crippen LogP contribution in [-0.2, 0) is 9.59 Å². The van der Waals surface area contributed by atoms with Crippen molar-refractivity contribution >= 4 is 11.6 Å². The Bertz CT molecular complexity index is 276. The third-order valence-corrected chi connectivity index (χ3v) is 2.35. The third-order valence-electron chi connectivity index (χ3n) is 2.35. The fourth-order valence-electron chi connectivity index (χ4n) is 1.48. The summed E-state index contributed by atoms with van der Waals surface area (Å²) in [5.41, 5.74) is 2.45. The van der Waals surface area contributed by atoms with Crippen LogP contribution in [0.3, 0.4) is 0 Å². The highest BCUT2D eigenvalue weighted by molar-refractivity contribution is 5.93. The van der Waals surface area contributed by atoms with Crippen LogP contribution in [0.4, 0.5) is 0 Å². The van der Waals surface area contributed by atoms with Gasteiger partial charge in [-0.2, -0.15) is 0 Å². The van der Waals surface area contributed by atoms with Crippen LogP contribution in [0, 0.1) is 0 Å². The van der Waals surface area contributed by atoms with Crippen molar-refractivity contribution in [3.63, 3.8) is 0 Å². The first-order valence-electron chi connectivity index (χ1n) is 4.98. The molecule has 0 aromatic carbocycles. The molecule has 2 aliphatic rings. The van der Waals surface area contributed by atoms with E-state index in [1.807, 2.05) is 13.8 Å². The first-order valence-corrected chi connectivity index (χ1v) is 4.98. The molecule has 0 N–H and O–H groups in total. The van der Waals surface area contributed by atoms with Crippen LogP contribution in [0.15, 0.2) is 23.3 Å². The van der Waals surface area contributed by atoms with Crippen molar-refractivity contribution < 1.29 is 9.59 Å². The smallest absolute Gasteiger partial charge is 0.155 e. The Hall–Kier alpha value is -1.18. The number of hydrogen-bond donors (Lipinski definition) is 0. The SMILES string of the molecule is CC1=CC(=O)CC1.CC1=CC(=O)CC1. The minimum absolute atomic E-state index is 0.289. The fraction of sp³-hybridized carbons (Fsp3) is 0.500. The van der Waals surface area contributed by atoms with Gasteiger partial charge in [-0.05, 0) is 38.8 Å². The molecule has 2 nitrogen and oxygen atoms in total. The lowest BCUT2D eigenvalue weighted by Crippen LogP contribution is -1.80. The van der Waals surface area contributed by atoms with Crippen molar-refractivity contribution in [3.05, 3.63) is 23.3 Å². The molecule has 0 atom stereocenters. The van der Waals surface area contributed by atoms with E-state index in [4.69, 9.17) is 0 Å². The number of hydrogen-bond acceptors (Lipinski definition) is 2. The first-order chi connectivity index (χ1) is 6.58. The van der Waals surface area contributed by atoms with Gasteiger partial charge in [0.05, 0.1) is 0 Å². The molecule has 2 rings (SSSR count). The first kappa shape index (κ1) is 10.9. The Balaban J connectivity index is 0.000000140. The zero-order valence-corrected chi connectivity index (χ0v) is 8.80. The maximum atomic E-state index is 10.4. The van der Waals surface area contributed by atoms with E-state index >= 15 is 0 Å². The molecule has 2 aliphatic carbocycles. The highest BCUT2D eigenvalue weighted by Crippen LogP contribution is 2.12. The second kappa shape index (κ2) is 4.89. The standard InChI is InChI=1S/2C6H8O/c2*1-5-2-3-6(7)4-5/h2*4H,2-3H2,1H3. The maximum absolute atomic E-state index is 10.4. The van der Waals surface area contributed by atoms with Crippen molar-refractivity contribution in [2.24, 2.45) is 0 Å². The van der Waals surface area contributed by atoms with Gasteiger partial charge in [0.15, 0.2) is 11.6 Å². The average Bonchev–Trinajstić information content (AvgIpc) is 2.63. The molecule has 0 radical (unpaired) electrons. The van der Waals surface area contributed by atoms with Gasteiger partial charge < -0.3 is 0 Å². The number of carbonyl (C=O) groups excluding carboxylic acids is 2. The van der Waals surface area contributed by atoms with Gasteiger partial charge in [0, 0.05) is 12.8 Å². The summed E-state index contributed by atoms with van der Waals surface area (Å²) in [4.78, 5) is 20.8. The molecule has 0 saturated carbocycles. The Morgan fingerprint density at radius 2 is 1.14 bits per heavy atom. The Kier molecular flexibility index (Phi) is 3.81. The molecule has 0 aromatic rings. The average molecular weight is 192 g/mol. The van der Waals surface area contributed by atoms with Gasteiger partial charge >= 0.3 is 0 Å². The van der Waals surface area contributed by atoms with Gasteiger partial charge in [-0.1, -0.05) is 11.1 Å². The van der Waals surface area contributed by atoms with Gasteiger partial charge in [0.25, 0.3) is 0 Å². The highest BCUT2D eigenvalue weighted by Gasteiger charge is 2.06. The molecule has 0 saturated heterocycles. The third kappa shape index (κ3) is 3.69. The molecule has 0 aliphatic heterocycles. The lowest BCUT2D eigenvalue weighted by molar-refractivity contribution is -0.114. The molecule has 76 valence electrons. The fourth-order valence-corrected chi connectivity index (χ4v) is 1.48. The number of carbonyl (C=O) groups is 2. The number of allylic oxidation sites excluding steroid dienone is 4. The van der Waals surface area contributed by atoms with Crippen LogP contribution in [0.2, 0.25) is 0 Å². The Morgan fingerprint density at radius 1 is 0.786 bits per heavy atom. The zero-order valence-electron chi connectivity index (χ0n) is 8.80. The zero-order chi connectivity index (χ0) is 10.6. The summed E-state index contributed by atoms with van der Waals surface area (Å²) in [6, 6.07) is 0. The maximum Gasteiger partial charge on any atom is 0.155 e. The molecule has 0 fully saturated rings. The van der Waals surface area contributed by atoms with Crippen LogP contribution >= 0.6 is 0 Å². The Morgan fingerprint density at radius 3 is 1.21 bits per heavy atom. The minimum Gasteiger partial charge on any atom is -0.295 e. The molecule has 0 amide bonds. The molecule has 2 heteroatoms. The summed E-state index contributed by atoms with van der Waals surface area (Å²) < 4.78 is 0. The normalized spacial score (nSPS) is 20.1. The molecule has 0 heterocycles. The summed E-state index contributed by atoms with van der Waals surface area (Å²) in [5.74, 6) is 0.579. The van der Waals surface area contributed by atoms with Crippen molar-refractivity contribution in [3.8, 4) is 0 Å². The lowest BCUT2D eigenvalue weighted by atomic mass is 10.3. The van der Waals surface area contributed by atoms with E-state index in [0.29, 0.717) is 0 Å². The molecule has 14 heavy (non-hydrogen) atoms. The van der Waals surface area contributed by atoms with E-state index in [1.165, 1.54) is 11.1 Å². The van der Waals surface area contributed by atoms with Crippen molar-refractivity contribution in [1.82, 2.24) is 0 Å². The van der Waals surface area contributed by atoms with Gasteiger partial charge in [-0.3, -0.25) is 9.59 Å². The van der Waals surface area contributed by atoms with Gasteiger partial charge in [0.1, 0.15) is 0 Å². The van der Waals surface area contributed by atoms with E-state index in [2.05, 4.69) is 0 Å². The lowest BCUT2D eigenvalue weighted by Gasteiger charge is -1.78. The van der Waals surface area contributed by atoms with Crippen LogP contribution < -0.4 is 0 Å². The van der Waals surface area contributed by atoms with E-state index < -0.39 is 0 Å². The van der Waals surface area contributed by atoms with E-state index in [-0.39, 0.29) is 11.6 Å².